The molecule has 2 rings (SSSR count). The molecule has 0 aliphatic heterocycles. The van der Waals surface area contributed by atoms with Gasteiger partial charge in [-0.15, -0.1) is 0 Å². The second-order valence-corrected chi connectivity index (χ2v) is 7.64. The molecule has 1 aliphatic rings. The Kier molecular flexibility index (Phi) is 4.76. The Morgan fingerprint density at radius 3 is 2.45 bits per heavy atom. The van der Waals surface area contributed by atoms with Crippen molar-refractivity contribution in [3.05, 3.63) is 34.6 Å². The van der Waals surface area contributed by atoms with Gasteiger partial charge >= 0.3 is 0 Å². The van der Waals surface area contributed by atoms with Crippen LogP contribution in [0.25, 0.3) is 0 Å². The molecule has 0 amide bonds. The van der Waals surface area contributed by atoms with Gasteiger partial charge in [0.25, 0.3) is 0 Å². The molecule has 1 aliphatic carbocycles. The lowest BCUT2D eigenvalue weighted by atomic mass is 9.79. The first-order chi connectivity index (χ1) is 9.30. The summed E-state index contributed by atoms with van der Waals surface area (Å²) in [7, 11) is 0. The monoisotopic (exact) mass is 297 g/mol. The number of nitrogens with one attached hydrogen (secondary N) is 1. The van der Waals surface area contributed by atoms with Crippen molar-refractivity contribution in [2.45, 2.75) is 58.4 Å². The zero-order valence-corrected chi connectivity index (χ0v) is 13.5. The first-order valence-electron chi connectivity index (χ1n) is 7.49. The minimum Gasteiger partial charge on any atom is -0.312 e. The molecule has 0 radical (unpaired) electrons. The molecule has 3 heteroatoms. The van der Waals surface area contributed by atoms with Gasteiger partial charge in [-0.3, -0.25) is 0 Å². The molecule has 0 aromatic heterocycles. The van der Waals surface area contributed by atoms with Crippen molar-refractivity contribution in [3.63, 3.8) is 0 Å². The zero-order chi connectivity index (χ0) is 14.8. The van der Waals surface area contributed by atoms with Gasteiger partial charge in [0.05, 0.1) is 5.02 Å². The van der Waals surface area contributed by atoms with Gasteiger partial charge in [-0.1, -0.05) is 30.5 Å². The van der Waals surface area contributed by atoms with Crippen LogP contribution in [0.15, 0.2) is 18.2 Å². The van der Waals surface area contributed by atoms with E-state index in [4.69, 9.17) is 11.6 Å². The normalized spacial score (nSPS) is 18.4. The molecule has 0 bridgehead atoms. The topological polar surface area (TPSA) is 12.0 Å². The Morgan fingerprint density at radius 1 is 1.25 bits per heavy atom. The fourth-order valence-corrected chi connectivity index (χ4v) is 3.28. The Morgan fingerprint density at radius 2 is 1.90 bits per heavy atom. The van der Waals surface area contributed by atoms with Crippen molar-refractivity contribution < 1.29 is 4.39 Å². The van der Waals surface area contributed by atoms with Gasteiger partial charge in [0.1, 0.15) is 5.82 Å². The average Bonchev–Trinajstić information content (AvgIpc) is 2.80. The van der Waals surface area contributed by atoms with Crippen LogP contribution >= 0.6 is 11.6 Å². The minimum absolute atomic E-state index is 0.135. The predicted octanol–water partition coefficient (Wildman–Crippen LogP) is 4.97. The molecule has 0 atom stereocenters. The fourth-order valence-electron chi connectivity index (χ4n) is 3.08. The number of halogens is 2. The van der Waals surface area contributed by atoms with Crippen molar-refractivity contribution in [3.8, 4) is 0 Å². The summed E-state index contributed by atoms with van der Waals surface area (Å²) in [4.78, 5) is 0. The molecule has 0 heterocycles. The highest BCUT2D eigenvalue weighted by Crippen LogP contribution is 2.41. The van der Waals surface area contributed by atoms with Gasteiger partial charge in [0, 0.05) is 12.1 Å². The highest BCUT2D eigenvalue weighted by molar-refractivity contribution is 6.30. The van der Waals surface area contributed by atoms with Crippen molar-refractivity contribution in [1.29, 1.82) is 0 Å². The first kappa shape index (κ1) is 15.8. The van der Waals surface area contributed by atoms with E-state index in [2.05, 4.69) is 26.1 Å². The molecule has 1 N–H and O–H groups in total. The first-order valence-corrected chi connectivity index (χ1v) is 7.87. The molecular weight excluding hydrogens is 273 g/mol. The van der Waals surface area contributed by atoms with Crippen LogP contribution in [0.1, 0.15) is 52.0 Å². The molecule has 0 saturated heterocycles. The van der Waals surface area contributed by atoms with Crippen LogP contribution in [0.5, 0.6) is 0 Å². The standard InChI is InChI=1S/C17H25ClFN/c1-16(2,3)20-12-17(8-4-5-9-17)11-13-6-7-15(19)14(18)10-13/h6-7,10,20H,4-5,8-9,11-12H2,1-3H3. The maximum absolute atomic E-state index is 13.3. The molecule has 1 saturated carbocycles. The zero-order valence-electron chi connectivity index (χ0n) is 12.7. The Hall–Kier alpha value is -0.600. The van der Waals surface area contributed by atoms with Gasteiger partial charge in [-0.05, 0) is 63.1 Å². The lowest BCUT2D eigenvalue weighted by molar-refractivity contribution is 0.245. The third kappa shape index (κ3) is 4.20. The molecule has 112 valence electrons. The van der Waals surface area contributed by atoms with Crippen molar-refractivity contribution in [1.82, 2.24) is 5.32 Å². The van der Waals surface area contributed by atoms with E-state index in [1.807, 2.05) is 6.07 Å². The van der Waals surface area contributed by atoms with E-state index in [-0.39, 0.29) is 16.4 Å². The number of hydrogen-bond donors (Lipinski definition) is 1. The Balaban J connectivity index is 2.10. The maximum Gasteiger partial charge on any atom is 0.141 e. The van der Waals surface area contributed by atoms with Crippen LogP contribution in [-0.2, 0) is 6.42 Å². The van der Waals surface area contributed by atoms with Gasteiger partial charge in [0.2, 0.25) is 0 Å². The third-order valence-corrected chi connectivity index (χ3v) is 4.51. The van der Waals surface area contributed by atoms with E-state index in [0.717, 1.165) is 18.5 Å². The van der Waals surface area contributed by atoms with Gasteiger partial charge < -0.3 is 5.32 Å². The number of rotatable bonds is 4. The van der Waals surface area contributed by atoms with Crippen LogP contribution in [-0.4, -0.2) is 12.1 Å². The van der Waals surface area contributed by atoms with Crippen LogP contribution in [0, 0.1) is 11.2 Å². The molecule has 0 spiro atoms. The molecule has 1 fully saturated rings. The van der Waals surface area contributed by atoms with E-state index in [0.29, 0.717) is 5.41 Å². The lowest BCUT2D eigenvalue weighted by Crippen LogP contribution is -2.43. The second kappa shape index (κ2) is 6.03. The summed E-state index contributed by atoms with van der Waals surface area (Å²) in [5, 5.41) is 3.88. The van der Waals surface area contributed by atoms with Crippen LogP contribution in [0.3, 0.4) is 0 Å². The number of benzene rings is 1. The summed E-state index contributed by atoms with van der Waals surface area (Å²) in [6.07, 6.45) is 6.05. The molecular formula is C17H25ClFN. The molecule has 1 nitrogen and oxygen atoms in total. The third-order valence-electron chi connectivity index (χ3n) is 4.22. The van der Waals surface area contributed by atoms with Crippen molar-refractivity contribution in [2.24, 2.45) is 5.41 Å². The van der Waals surface area contributed by atoms with E-state index in [1.165, 1.54) is 31.7 Å². The van der Waals surface area contributed by atoms with Gasteiger partial charge in [-0.2, -0.15) is 0 Å². The van der Waals surface area contributed by atoms with Crippen LogP contribution in [0.4, 0.5) is 4.39 Å². The Bertz CT molecular complexity index is 459. The van der Waals surface area contributed by atoms with Gasteiger partial charge in [0.15, 0.2) is 0 Å². The summed E-state index contributed by atoms with van der Waals surface area (Å²) in [6.45, 7) is 7.62. The Labute approximate surface area is 126 Å². The maximum atomic E-state index is 13.3. The average molecular weight is 298 g/mol. The fraction of sp³-hybridized carbons (Fsp3) is 0.647. The van der Waals surface area contributed by atoms with Crippen LogP contribution < -0.4 is 5.32 Å². The van der Waals surface area contributed by atoms with E-state index < -0.39 is 0 Å². The molecule has 1 aromatic carbocycles. The second-order valence-electron chi connectivity index (χ2n) is 7.24. The molecule has 1 aromatic rings. The van der Waals surface area contributed by atoms with E-state index in [1.54, 1.807) is 6.07 Å². The van der Waals surface area contributed by atoms with E-state index in [9.17, 15) is 4.39 Å². The summed E-state index contributed by atoms with van der Waals surface area (Å²) >= 11 is 5.90. The predicted molar refractivity (Wildman–Crippen MR) is 83.8 cm³/mol. The molecule has 0 unspecified atom stereocenters. The van der Waals surface area contributed by atoms with Crippen molar-refractivity contribution in [2.75, 3.05) is 6.54 Å². The minimum atomic E-state index is -0.330. The highest BCUT2D eigenvalue weighted by atomic mass is 35.5. The van der Waals surface area contributed by atoms with Crippen LogP contribution in [0.2, 0.25) is 5.02 Å². The number of hydrogen-bond acceptors (Lipinski definition) is 1. The highest BCUT2D eigenvalue weighted by Gasteiger charge is 2.34. The summed E-state index contributed by atoms with van der Waals surface area (Å²) in [6, 6.07) is 5.14. The SMILES string of the molecule is CC(C)(C)NCC1(Cc2ccc(F)c(Cl)c2)CCCC1. The van der Waals surface area contributed by atoms with Crippen molar-refractivity contribution >= 4 is 11.6 Å². The lowest BCUT2D eigenvalue weighted by Gasteiger charge is -2.33. The van der Waals surface area contributed by atoms with Gasteiger partial charge in [-0.25, -0.2) is 4.39 Å². The quantitative estimate of drug-likeness (QED) is 0.827. The molecule has 20 heavy (non-hydrogen) atoms. The van der Waals surface area contributed by atoms with E-state index >= 15 is 0 Å². The smallest absolute Gasteiger partial charge is 0.141 e. The summed E-state index contributed by atoms with van der Waals surface area (Å²) < 4.78 is 13.3. The largest absolute Gasteiger partial charge is 0.312 e. The summed E-state index contributed by atoms with van der Waals surface area (Å²) in [5.74, 6) is -0.330. The summed E-state index contributed by atoms with van der Waals surface area (Å²) in [5.41, 5.74) is 1.58.